The maximum Gasteiger partial charge on any atom is 0.261 e. The molecule has 0 saturated carbocycles. The van der Waals surface area contributed by atoms with Crippen molar-refractivity contribution in [3.05, 3.63) is 81.5 Å². The average molecular weight is 484 g/mol. The fourth-order valence-electron chi connectivity index (χ4n) is 3.96. The van der Waals surface area contributed by atoms with Crippen LogP contribution in [0.3, 0.4) is 0 Å². The van der Waals surface area contributed by atoms with Crippen LogP contribution in [-0.4, -0.2) is 35.8 Å². The molecule has 6 aromatic rings. The molecule has 35 heavy (non-hydrogen) atoms. The van der Waals surface area contributed by atoms with Gasteiger partial charge in [0.1, 0.15) is 5.39 Å². The first-order valence-corrected chi connectivity index (χ1v) is 11.5. The highest BCUT2D eigenvalue weighted by atomic mass is 32.1. The third kappa shape index (κ3) is 3.49. The minimum Gasteiger partial charge on any atom is -0.335 e. The van der Waals surface area contributed by atoms with E-state index in [2.05, 4.69) is 30.5 Å². The Labute approximate surface area is 201 Å². The van der Waals surface area contributed by atoms with Crippen LogP contribution in [0.4, 0.5) is 5.69 Å². The van der Waals surface area contributed by atoms with Gasteiger partial charge in [0.25, 0.3) is 17.2 Å². The molecule has 0 saturated heterocycles. The minimum absolute atomic E-state index is 0.291. The number of carbonyl (C=O) groups is 1. The molecule has 0 aliphatic heterocycles. The second kappa shape index (κ2) is 7.99. The quantitative estimate of drug-likeness (QED) is 0.383. The van der Waals surface area contributed by atoms with Crippen LogP contribution in [0.5, 0.6) is 0 Å². The number of H-pyrrole nitrogens is 1. The molecule has 0 fully saturated rings. The Bertz CT molecular complexity index is 1810. The number of thiophene rings is 1. The molecule has 0 atom stereocenters. The zero-order valence-electron chi connectivity index (χ0n) is 18.6. The molecule has 5 heterocycles. The van der Waals surface area contributed by atoms with Crippen molar-refractivity contribution in [1.29, 1.82) is 0 Å². The summed E-state index contributed by atoms with van der Waals surface area (Å²) in [6, 6.07) is 12.9. The predicted octanol–water partition coefficient (Wildman–Crippen LogP) is 4.24. The number of fused-ring (bicyclic) bond motifs is 2. The normalized spacial score (nSPS) is 11.4. The zero-order chi connectivity index (χ0) is 24.1. The Hall–Kier alpha value is -4.64. The largest absolute Gasteiger partial charge is 0.335 e. The van der Waals surface area contributed by atoms with Crippen LogP contribution in [0.1, 0.15) is 20.9 Å². The lowest BCUT2D eigenvalue weighted by molar-refractivity contribution is 0.102. The second-order valence-electron chi connectivity index (χ2n) is 7.91. The smallest absolute Gasteiger partial charge is 0.261 e. The third-order valence-corrected chi connectivity index (χ3v) is 6.63. The number of anilines is 1. The lowest BCUT2D eigenvalue weighted by Crippen LogP contribution is -2.15. The van der Waals surface area contributed by atoms with E-state index < -0.39 is 0 Å². The van der Waals surface area contributed by atoms with Crippen molar-refractivity contribution in [3.8, 4) is 16.3 Å². The van der Waals surface area contributed by atoms with Gasteiger partial charge in [-0.05, 0) is 44.2 Å². The monoisotopic (exact) mass is 483 g/mol. The van der Waals surface area contributed by atoms with E-state index in [1.54, 1.807) is 42.5 Å². The van der Waals surface area contributed by atoms with Crippen LogP contribution < -0.4 is 10.9 Å². The standard InChI is InChI=1S/C24H17N7O3S/c1-12-7-8-19(35-12)17-9-14(20-13(2)30-34-24(20)29-17)23(33)28-16-5-3-4-6-18(16)31-21-15(10-27-31)22(32)26-11-25-21/h3-11H,1-2H3,(H,28,33)(H,25,26,32). The fraction of sp³-hybridized carbons (Fsp3) is 0.0833. The van der Waals surface area contributed by atoms with Gasteiger partial charge in [0.05, 0.1) is 51.1 Å². The molecule has 0 unspecified atom stereocenters. The summed E-state index contributed by atoms with van der Waals surface area (Å²) >= 11 is 1.58. The van der Waals surface area contributed by atoms with Crippen LogP contribution in [0, 0.1) is 13.8 Å². The second-order valence-corrected chi connectivity index (χ2v) is 9.20. The van der Waals surface area contributed by atoms with E-state index >= 15 is 0 Å². The van der Waals surface area contributed by atoms with Gasteiger partial charge >= 0.3 is 0 Å². The van der Waals surface area contributed by atoms with E-state index in [1.165, 1.54) is 17.2 Å². The van der Waals surface area contributed by atoms with E-state index in [0.717, 1.165) is 9.75 Å². The molecule has 172 valence electrons. The molecule has 0 aliphatic rings. The summed E-state index contributed by atoms with van der Waals surface area (Å²) in [5, 5.41) is 12.2. The number of aryl methyl sites for hydroxylation is 2. The molecular weight excluding hydrogens is 466 g/mol. The maximum atomic E-state index is 13.6. The number of nitrogens with one attached hydrogen (secondary N) is 2. The first-order valence-electron chi connectivity index (χ1n) is 10.7. The molecule has 0 aliphatic carbocycles. The lowest BCUT2D eigenvalue weighted by atomic mass is 10.1. The van der Waals surface area contributed by atoms with E-state index in [-0.39, 0.29) is 11.5 Å². The number of pyridine rings is 1. The molecule has 2 N–H and O–H groups in total. The van der Waals surface area contributed by atoms with Crippen molar-refractivity contribution < 1.29 is 9.32 Å². The van der Waals surface area contributed by atoms with Crippen molar-refractivity contribution in [2.45, 2.75) is 13.8 Å². The number of hydrogen-bond acceptors (Lipinski definition) is 8. The molecule has 0 radical (unpaired) electrons. The third-order valence-electron chi connectivity index (χ3n) is 5.61. The lowest BCUT2D eigenvalue weighted by Gasteiger charge is -2.12. The first-order chi connectivity index (χ1) is 17.0. The molecule has 11 heteroatoms. The van der Waals surface area contributed by atoms with Crippen molar-refractivity contribution >= 4 is 45.1 Å². The van der Waals surface area contributed by atoms with E-state index in [0.29, 0.717) is 50.5 Å². The van der Waals surface area contributed by atoms with Crippen molar-refractivity contribution in [1.82, 2.24) is 29.9 Å². The van der Waals surface area contributed by atoms with Crippen LogP contribution in [0.2, 0.25) is 0 Å². The minimum atomic E-state index is -0.354. The summed E-state index contributed by atoms with van der Waals surface area (Å²) in [5.41, 5.74) is 3.05. The number of aromatic nitrogens is 6. The van der Waals surface area contributed by atoms with Gasteiger partial charge in [-0.2, -0.15) is 5.10 Å². The van der Waals surface area contributed by atoms with Crippen molar-refractivity contribution in [3.63, 3.8) is 0 Å². The number of aromatic amines is 1. The molecule has 10 nitrogen and oxygen atoms in total. The summed E-state index contributed by atoms with van der Waals surface area (Å²) < 4.78 is 6.93. The molecule has 0 bridgehead atoms. The summed E-state index contributed by atoms with van der Waals surface area (Å²) in [5.74, 6) is -0.354. The highest BCUT2D eigenvalue weighted by molar-refractivity contribution is 7.15. The topological polar surface area (TPSA) is 132 Å². The number of carbonyl (C=O) groups excluding carboxylic acids is 1. The van der Waals surface area contributed by atoms with Crippen LogP contribution in [0.25, 0.3) is 38.4 Å². The Morgan fingerprint density at radius 1 is 1.17 bits per heavy atom. The van der Waals surface area contributed by atoms with Crippen LogP contribution >= 0.6 is 11.3 Å². The van der Waals surface area contributed by atoms with Gasteiger partial charge in [-0.25, -0.2) is 14.6 Å². The van der Waals surface area contributed by atoms with Gasteiger partial charge in [-0.1, -0.05) is 17.3 Å². The van der Waals surface area contributed by atoms with Gasteiger partial charge < -0.3 is 14.8 Å². The number of benzene rings is 1. The summed E-state index contributed by atoms with van der Waals surface area (Å²) in [6.07, 6.45) is 2.77. The van der Waals surface area contributed by atoms with Gasteiger partial charge in [0.2, 0.25) is 0 Å². The number of hydrogen-bond donors (Lipinski definition) is 2. The van der Waals surface area contributed by atoms with Crippen molar-refractivity contribution in [2.24, 2.45) is 0 Å². The van der Waals surface area contributed by atoms with Gasteiger partial charge in [0.15, 0.2) is 5.65 Å². The van der Waals surface area contributed by atoms with Crippen molar-refractivity contribution in [2.75, 3.05) is 5.32 Å². The predicted molar refractivity (Wildman–Crippen MR) is 132 cm³/mol. The molecule has 1 amide bonds. The van der Waals surface area contributed by atoms with Gasteiger partial charge in [-0.3, -0.25) is 9.59 Å². The maximum absolute atomic E-state index is 13.6. The molecule has 1 aromatic carbocycles. The van der Waals surface area contributed by atoms with Gasteiger partial charge in [0, 0.05) is 4.88 Å². The number of amides is 1. The van der Waals surface area contributed by atoms with Crippen LogP contribution in [0.15, 0.2) is 64.3 Å². The fourth-order valence-corrected chi connectivity index (χ4v) is 4.79. The van der Waals surface area contributed by atoms with E-state index in [4.69, 9.17) is 4.52 Å². The molecule has 5 aromatic heterocycles. The number of rotatable bonds is 4. The van der Waals surface area contributed by atoms with E-state index in [9.17, 15) is 9.59 Å². The average Bonchev–Trinajstić information content (AvgIpc) is 3.58. The summed E-state index contributed by atoms with van der Waals surface area (Å²) in [7, 11) is 0. The number of para-hydroxylation sites is 2. The van der Waals surface area contributed by atoms with Gasteiger partial charge in [-0.15, -0.1) is 11.3 Å². The molecule has 6 rings (SSSR count). The Morgan fingerprint density at radius 2 is 2.03 bits per heavy atom. The highest BCUT2D eigenvalue weighted by Gasteiger charge is 2.21. The highest BCUT2D eigenvalue weighted by Crippen LogP contribution is 2.32. The van der Waals surface area contributed by atoms with E-state index in [1.807, 2.05) is 25.1 Å². The summed E-state index contributed by atoms with van der Waals surface area (Å²) in [4.78, 5) is 39.1. The summed E-state index contributed by atoms with van der Waals surface area (Å²) in [6.45, 7) is 3.78. The number of nitrogens with zero attached hydrogens (tertiary/aromatic N) is 5. The van der Waals surface area contributed by atoms with Crippen LogP contribution in [-0.2, 0) is 0 Å². The molecular formula is C24H17N7O3S. The SMILES string of the molecule is Cc1ccc(-c2cc(C(=O)Nc3ccccc3-n3ncc4c(=O)[nH]cnc43)c3c(C)noc3n2)s1. The Morgan fingerprint density at radius 3 is 2.86 bits per heavy atom. The Balaban J connectivity index is 1.45. The zero-order valence-corrected chi connectivity index (χ0v) is 19.4. The molecule has 0 spiro atoms. The first kappa shape index (κ1) is 20.9. The Kier molecular flexibility index (Phi) is 4.78.